The summed E-state index contributed by atoms with van der Waals surface area (Å²) in [4.78, 5) is 11.4. The number of hydrogen-bond acceptors (Lipinski definition) is 4. The van der Waals surface area contributed by atoms with Gasteiger partial charge in [-0.2, -0.15) is 0 Å². The van der Waals surface area contributed by atoms with Gasteiger partial charge >= 0.3 is 0 Å². The predicted octanol–water partition coefficient (Wildman–Crippen LogP) is 2.24. The Kier molecular flexibility index (Phi) is 3.76. The van der Waals surface area contributed by atoms with Gasteiger partial charge in [-0.3, -0.25) is 4.79 Å². The van der Waals surface area contributed by atoms with Crippen LogP contribution in [0.1, 0.15) is 48.9 Å². The molecule has 0 aromatic heterocycles. The largest absolute Gasteiger partial charge is 0.488 e. The van der Waals surface area contributed by atoms with Crippen molar-refractivity contribution in [3.05, 3.63) is 23.8 Å². The first-order chi connectivity index (χ1) is 10.1. The molecule has 0 bridgehead atoms. The van der Waals surface area contributed by atoms with Gasteiger partial charge in [-0.25, -0.2) is 0 Å². The fourth-order valence-electron chi connectivity index (χ4n) is 3.49. The molecule has 21 heavy (non-hydrogen) atoms. The van der Waals surface area contributed by atoms with Crippen molar-refractivity contribution in [3.63, 3.8) is 0 Å². The summed E-state index contributed by atoms with van der Waals surface area (Å²) in [7, 11) is 0. The molecule has 114 valence electrons. The van der Waals surface area contributed by atoms with Gasteiger partial charge in [0.2, 0.25) is 0 Å². The zero-order valence-corrected chi connectivity index (χ0v) is 12.1. The second kappa shape index (κ2) is 5.56. The number of benzene rings is 1. The number of para-hydroxylation sites is 1. The first-order valence-corrected chi connectivity index (χ1v) is 7.59. The molecule has 5 heteroatoms. The van der Waals surface area contributed by atoms with Gasteiger partial charge < -0.3 is 20.9 Å². The van der Waals surface area contributed by atoms with Crippen LogP contribution in [0.5, 0.6) is 5.75 Å². The van der Waals surface area contributed by atoms with Crippen LogP contribution in [-0.2, 0) is 4.74 Å². The van der Waals surface area contributed by atoms with E-state index in [2.05, 4.69) is 0 Å². The molecule has 3 rings (SSSR count). The van der Waals surface area contributed by atoms with Crippen molar-refractivity contribution in [3.8, 4) is 5.75 Å². The number of carbonyl (C=O) groups excluding carboxylic acids is 1. The lowest BCUT2D eigenvalue weighted by molar-refractivity contribution is -0.0508. The van der Waals surface area contributed by atoms with Gasteiger partial charge in [0.1, 0.15) is 6.61 Å². The highest BCUT2D eigenvalue weighted by atomic mass is 16.6. The summed E-state index contributed by atoms with van der Waals surface area (Å²) in [5, 5.41) is 0. The normalized spacial score (nSPS) is 23.5. The maximum absolute atomic E-state index is 11.4. The van der Waals surface area contributed by atoms with E-state index in [4.69, 9.17) is 20.9 Å². The van der Waals surface area contributed by atoms with Crippen molar-refractivity contribution in [2.24, 2.45) is 5.73 Å². The number of nitrogen functional groups attached to an aromatic ring is 1. The van der Waals surface area contributed by atoms with Gasteiger partial charge in [-0.15, -0.1) is 0 Å². The topological polar surface area (TPSA) is 87.6 Å². The van der Waals surface area contributed by atoms with Gasteiger partial charge in [0.25, 0.3) is 5.91 Å². The van der Waals surface area contributed by atoms with Crippen LogP contribution < -0.4 is 16.2 Å². The van der Waals surface area contributed by atoms with E-state index in [1.807, 2.05) is 0 Å². The number of ether oxygens (including phenoxy) is 2. The molecular formula is C16H22N2O3. The second-order valence-corrected chi connectivity index (χ2v) is 6.07. The monoisotopic (exact) mass is 290 g/mol. The third-order valence-corrected chi connectivity index (χ3v) is 4.58. The Hall–Kier alpha value is -1.75. The number of amides is 1. The average Bonchev–Trinajstić information content (AvgIpc) is 3.08. The second-order valence-electron chi connectivity index (χ2n) is 6.07. The van der Waals surface area contributed by atoms with E-state index in [0.717, 1.165) is 25.7 Å². The van der Waals surface area contributed by atoms with Gasteiger partial charge in [0.05, 0.1) is 23.0 Å². The summed E-state index contributed by atoms with van der Waals surface area (Å²) >= 11 is 0. The van der Waals surface area contributed by atoms with Crippen LogP contribution in [0, 0.1) is 0 Å². The molecule has 1 saturated carbocycles. The molecule has 5 nitrogen and oxygen atoms in total. The minimum absolute atomic E-state index is 0.0726. The van der Waals surface area contributed by atoms with E-state index in [0.29, 0.717) is 23.6 Å². The Morgan fingerprint density at radius 2 is 2.10 bits per heavy atom. The summed E-state index contributed by atoms with van der Waals surface area (Å²) < 4.78 is 12.0. The molecule has 1 aromatic carbocycles. The first-order valence-electron chi connectivity index (χ1n) is 7.59. The summed E-state index contributed by atoms with van der Waals surface area (Å²) in [6.07, 6.45) is 7.00. The highest BCUT2D eigenvalue weighted by Crippen LogP contribution is 2.43. The molecule has 0 radical (unpaired) electrons. The van der Waals surface area contributed by atoms with Crippen molar-refractivity contribution < 1.29 is 14.3 Å². The maximum atomic E-state index is 11.4. The molecule has 1 saturated heterocycles. The SMILES string of the molecule is NC(=O)c1cccc(N)c1OCC1CCC2(CCCC2)O1. The minimum Gasteiger partial charge on any atom is -0.488 e. The minimum atomic E-state index is -0.531. The number of rotatable bonds is 4. The fraction of sp³-hybridized carbons (Fsp3) is 0.562. The standard InChI is InChI=1S/C16H22N2O3/c17-13-5-3-4-12(15(18)19)14(13)20-10-11-6-9-16(21-11)7-1-2-8-16/h3-5,11H,1-2,6-10,17H2,(H2,18,19). The third-order valence-electron chi connectivity index (χ3n) is 4.58. The number of primary amides is 1. The molecule has 4 N–H and O–H groups in total. The summed E-state index contributed by atoms with van der Waals surface area (Å²) in [6, 6.07) is 5.03. The highest BCUT2D eigenvalue weighted by molar-refractivity contribution is 5.97. The van der Waals surface area contributed by atoms with E-state index in [1.165, 1.54) is 12.8 Å². The molecule has 1 unspecified atom stereocenters. The fourth-order valence-corrected chi connectivity index (χ4v) is 3.49. The zero-order valence-electron chi connectivity index (χ0n) is 12.1. The number of hydrogen-bond donors (Lipinski definition) is 2. The molecule has 2 aliphatic rings. The highest BCUT2D eigenvalue weighted by Gasteiger charge is 2.42. The van der Waals surface area contributed by atoms with E-state index >= 15 is 0 Å². The van der Waals surface area contributed by atoms with Crippen LogP contribution in [-0.4, -0.2) is 24.2 Å². The van der Waals surface area contributed by atoms with E-state index in [-0.39, 0.29) is 11.7 Å². The maximum Gasteiger partial charge on any atom is 0.252 e. The number of nitrogens with two attached hydrogens (primary N) is 2. The Balaban J connectivity index is 1.65. The molecule has 1 heterocycles. The van der Waals surface area contributed by atoms with Crippen LogP contribution in [0.25, 0.3) is 0 Å². The van der Waals surface area contributed by atoms with Crippen molar-refractivity contribution in [2.75, 3.05) is 12.3 Å². The van der Waals surface area contributed by atoms with Gasteiger partial charge in [0, 0.05) is 0 Å². The van der Waals surface area contributed by atoms with Crippen LogP contribution in [0.4, 0.5) is 5.69 Å². The van der Waals surface area contributed by atoms with Crippen LogP contribution in [0.2, 0.25) is 0 Å². The predicted molar refractivity (Wildman–Crippen MR) is 80.2 cm³/mol. The number of carbonyl (C=O) groups is 1. The lowest BCUT2D eigenvalue weighted by atomic mass is 9.98. The summed E-state index contributed by atoms with van der Waals surface area (Å²) in [6.45, 7) is 0.413. The zero-order chi connectivity index (χ0) is 14.9. The van der Waals surface area contributed by atoms with E-state index < -0.39 is 5.91 Å². The van der Waals surface area contributed by atoms with Gasteiger partial charge in [-0.1, -0.05) is 18.9 Å². The summed E-state index contributed by atoms with van der Waals surface area (Å²) in [5.41, 5.74) is 12.1. The summed E-state index contributed by atoms with van der Waals surface area (Å²) in [5.74, 6) is -0.155. The molecule has 1 aromatic rings. The average molecular weight is 290 g/mol. The van der Waals surface area contributed by atoms with Crippen molar-refractivity contribution >= 4 is 11.6 Å². The molecular weight excluding hydrogens is 268 g/mol. The Labute approximate surface area is 124 Å². The molecule has 1 spiro atoms. The van der Waals surface area contributed by atoms with Crippen molar-refractivity contribution in [1.29, 1.82) is 0 Å². The third kappa shape index (κ3) is 2.83. The Bertz CT molecular complexity index is 538. The van der Waals surface area contributed by atoms with Crippen molar-refractivity contribution in [2.45, 2.75) is 50.2 Å². The molecule has 1 aliphatic carbocycles. The molecule has 2 fully saturated rings. The quantitative estimate of drug-likeness (QED) is 0.832. The molecule has 1 aliphatic heterocycles. The Morgan fingerprint density at radius 3 is 2.81 bits per heavy atom. The molecule has 1 amide bonds. The van der Waals surface area contributed by atoms with Crippen LogP contribution in [0.15, 0.2) is 18.2 Å². The number of anilines is 1. The van der Waals surface area contributed by atoms with Gasteiger partial charge in [-0.05, 0) is 37.8 Å². The first kappa shape index (κ1) is 14.2. The smallest absolute Gasteiger partial charge is 0.252 e. The lowest BCUT2D eigenvalue weighted by Crippen LogP contribution is -2.27. The lowest BCUT2D eigenvalue weighted by Gasteiger charge is -2.24. The van der Waals surface area contributed by atoms with Crippen molar-refractivity contribution in [1.82, 2.24) is 0 Å². The van der Waals surface area contributed by atoms with E-state index in [1.54, 1.807) is 18.2 Å². The van der Waals surface area contributed by atoms with Crippen LogP contribution in [0.3, 0.4) is 0 Å². The van der Waals surface area contributed by atoms with E-state index in [9.17, 15) is 4.79 Å². The van der Waals surface area contributed by atoms with Gasteiger partial charge in [0.15, 0.2) is 5.75 Å². The van der Waals surface area contributed by atoms with Crippen LogP contribution >= 0.6 is 0 Å². The molecule has 1 atom stereocenters. The Morgan fingerprint density at radius 1 is 1.33 bits per heavy atom.